The summed E-state index contributed by atoms with van der Waals surface area (Å²) in [6.07, 6.45) is 1.80. The molecule has 3 aromatic rings. The van der Waals surface area contributed by atoms with Crippen LogP contribution in [0.3, 0.4) is 0 Å². The van der Waals surface area contributed by atoms with Gasteiger partial charge < -0.3 is 5.32 Å². The zero-order valence-corrected chi connectivity index (χ0v) is 17.7. The Bertz CT molecular complexity index is 1040. The number of thiophene rings is 1. The molecule has 0 saturated heterocycles. The number of carbonyl (C=O) groups is 1. The van der Waals surface area contributed by atoms with Gasteiger partial charge in [0, 0.05) is 11.0 Å². The molecule has 0 aliphatic heterocycles. The second-order valence-corrected chi connectivity index (χ2v) is 8.57. The maximum atomic E-state index is 13.9. The molecule has 5 nitrogen and oxygen atoms in total. The summed E-state index contributed by atoms with van der Waals surface area (Å²) in [4.78, 5) is 29.5. The van der Waals surface area contributed by atoms with Crippen LogP contribution in [0.5, 0.6) is 0 Å². The minimum Gasteiger partial charge on any atom is -0.323 e. The Morgan fingerprint density at radius 3 is 2.96 bits per heavy atom. The highest BCUT2D eigenvalue weighted by Gasteiger charge is 2.15. The normalized spacial score (nSPS) is 11.1. The van der Waals surface area contributed by atoms with Crippen molar-refractivity contribution in [1.29, 1.82) is 0 Å². The van der Waals surface area contributed by atoms with Crippen molar-refractivity contribution in [2.24, 2.45) is 0 Å². The summed E-state index contributed by atoms with van der Waals surface area (Å²) in [5.74, 6) is -0.840. The van der Waals surface area contributed by atoms with E-state index in [-0.39, 0.29) is 22.9 Å². The predicted octanol–water partition coefficient (Wildman–Crippen LogP) is 4.89. The van der Waals surface area contributed by atoms with E-state index in [1.807, 2.05) is 5.38 Å². The minimum absolute atomic E-state index is 0.0315. The van der Waals surface area contributed by atoms with Crippen LogP contribution < -0.4 is 10.9 Å². The van der Waals surface area contributed by atoms with Gasteiger partial charge in [0.2, 0.25) is 5.91 Å². The summed E-state index contributed by atoms with van der Waals surface area (Å²) in [5, 5.41) is 4.89. The predicted molar refractivity (Wildman–Crippen MR) is 112 cm³/mol. The third-order valence-corrected chi connectivity index (χ3v) is 6.16. The highest BCUT2D eigenvalue weighted by atomic mass is 79.9. The number of thioether (sulfide) groups is 1. The van der Waals surface area contributed by atoms with E-state index in [4.69, 9.17) is 0 Å². The van der Waals surface area contributed by atoms with Crippen LogP contribution in [0, 0.1) is 5.82 Å². The molecule has 1 amide bonds. The SMILES string of the molecule is CCCCn1c(SCC(=O)Nc2ccc(Br)cc2F)nc2ccsc2c1=O. The molecule has 0 unspecified atom stereocenters. The fraction of sp³-hybridized carbons (Fsp3) is 0.278. The van der Waals surface area contributed by atoms with Gasteiger partial charge in [-0.3, -0.25) is 14.2 Å². The molecule has 142 valence electrons. The van der Waals surface area contributed by atoms with Gasteiger partial charge in [-0.1, -0.05) is 41.0 Å². The first kappa shape index (κ1) is 20.0. The minimum atomic E-state index is -0.514. The molecule has 9 heteroatoms. The lowest BCUT2D eigenvalue weighted by atomic mass is 10.3. The van der Waals surface area contributed by atoms with Crippen LogP contribution in [0.1, 0.15) is 19.8 Å². The Labute approximate surface area is 172 Å². The number of carbonyl (C=O) groups excluding carboxylic acids is 1. The fourth-order valence-electron chi connectivity index (χ4n) is 2.45. The summed E-state index contributed by atoms with van der Waals surface area (Å²) in [6.45, 7) is 2.61. The molecule has 0 aliphatic carbocycles. The standard InChI is InChI=1S/C18H17BrFN3O2S2/c1-2-3-7-23-17(25)16-14(6-8-26-16)22-18(23)27-10-15(24)21-13-5-4-11(19)9-12(13)20/h4-6,8-9H,2-3,7,10H2,1H3,(H,21,24). The van der Waals surface area contributed by atoms with Crippen molar-refractivity contribution in [3.05, 3.63) is 50.3 Å². The van der Waals surface area contributed by atoms with Gasteiger partial charge in [-0.05, 0) is 36.1 Å². The number of nitrogens with zero attached hydrogens (tertiary/aromatic N) is 2. The van der Waals surface area contributed by atoms with Crippen LogP contribution in [0.2, 0.25) is 0 Å². The molecule has 3 rings (SSSR count). The molecule has 0 fully saturated rings. The molecule has 0 aliphatic rings. The second kappa shape index (κ2) is 8.99. The van der Waals surface area contributed by atoms with E-state index in [9.17, 15) is 14.0 Å². The van der Waals surface area contributed by atoms with Crippen LogP contribution in [0.25, 0.3) is 10.2 Å². The first-order valence-electron chi connectivity index (χ1n) is 8.35. The number of hydrogen-bond donors (Lipinski definition) is 1. The lowest BCUT2D eigenvalue weighted by Crippen LogP contribution is -2.23. The summed E-state index contributed by atoms with van der Waals surface area (Å²) in [5.41, 5.74) is 0.679. The molecule has 0 spiro atoms. The third-order valence-electron chi connectivity index (χ3n) is 3.80. The molecule has 0 radical (unpaired) electrons. The number of aromatic nitrogens is 2. The number of unbranched alkanes of at least 4 members (excludes halogenated alkanes) is 1. The first-order valence-corrected chi connectivity index (χ1v) is 11.0. The Kier molecular flexibility index (Phi) is 6.67. The van der Waals surface area contributed by atoms with Crippen molar-refractivity contribution in [3.63, 3.8) is 0 Å². The van der Waals surface area contributed by atoms with Gasteiger partial charge in [-0.25, -0.2) is 9.37 Å². The van der Waals surface area contributed by atoms with Gasteiger partial charge in [0.05, 0.1) is 17.0 Å². The largest absolute Gasteiger partial charge is 0.323 e. The average molecular weight is 470 g/mol. The van der Waals surface area contributed by atoms with E-state index >= 15 is 0 Å². The van der Waals surface area contributed by atoms with E-state index in [0.29, 0.717) is 26.4 Å². The molecule has 0 bridgehead atoms. The van der Waals surface area contributed by atoms with Crippen molar-refractivity contribution in [2.75, 3.05) is 11.1 Å². The van der Waals surface area contributed by atoms with E-state index in [1.165, 1.54) is 35.2 Å². The highest BCUT2D eigenvalue weighted by molar-refractivity contribution is 9.10. The summed E-state index contributed by atoms with van der Waals surface area (Å²) in [7, 11) is 0. The van der Waals surface area contributed by atoms with E-state index in [2.05, 4.69) is 33.2 Å². The molecular weight excluding hydrogens is 453 g/mol. The number of hydrogen-bond acceptors (Lipinski definition) is 5. The number of rotatable bonds is 7. The molecular formula is C18H17BrFN3O2S2. The number of amides is 1. The van der Waals surface area contributed by atoms with Crippen molar-refractivity contribution >= 4 is 60.8 Å². The van der Waals surface area contributed by atoms with Gasteiger partial charge in [0.1, 0.15) is 10.5 Å². The van der Waals surface area contributed by atoms with Crippen molar-refractivity contribution in [1.82, 2.24) is 9.55 Å². The molecule has 0 atom stereocenters. The lowest BCUT2D eigenvalue weighted by Gasteiger charge is -2.12. The van der Waals surface area contributed by atoms with Gasteiger partial charge in [-0.15, -0.1) is 11.3 Å². The van der Waals surface area contributed by atoms with Gasteiger partial charge in [-0.2, -0.15) is 0 Å². The Balaban J connectivity index is 1.77. The molecule has 27 heavy (non-hydrogen) atoms. The zero-order chi connectivity index (χ0) is 19.4. The maximum Gasteiger partial charge on any atom is 0.272 e. The fourth-order valence-corrected chi connectivity index (χ4v) is 4.39. The second-order valence-electron chi connectivity index (χ2n) is 5.80. The van der Waals surface area contributed by atoms with E-state index in [1.54, 1.807) is 16.7 Å². The topological polar surface area (TPSA) is 64.0 Å². The smallest absolute Gasteiger partial charge is 0.272 e. The molecule has 2 aromatic heterocycles. The Morgan fingerprint density at radius 2 is 2.22 bits per heavy atom. The maximum absolute atomic E-state index is 13.9. The zero-order valence-electron chi connectivity index (χ0n) is 14.5. The molecule has 0 saturated carbocycles. The Hall–Kier alpha value is -1.71. The molecule has 2 heterocycles. The van der Waals surface area contributed by atoms with Crippen molar-refractivity contribution in [3.8, 4) is 0 Å². The van der Waals surface area contributed by atoms with Gasteiger partial charge in [0.15, 0.2) is 5.16 Å². The number of halogens is 2. The molecule has 1 aromatic carbocycles. The Morgan fingerprint density at radius 1 is 1.41 bits per heavy atom. The van der Waals surface area contributed by atoms with Crippen LogP contribution >= 0.6 is 39.0 Å². The number of anilines is 1. The first-order chi connectivity index (χ1) is 13.0. The van der Waals surface area contributed by atoms with Crippen molar-refractivity contribution < 1.29 is 9.18 Å². The lowest BCUT2D eigenvalue weighted by molar-refractivity contribution is -0.113. The number of fused-ring (bicyclic) bond motifs is 1. The third kappa shape index (κ3) is 4.77. The monoisotopic (exact) mass is 469 g/mol. The summed E-state index contributed by atoms with van der Waals surface area (Å²) in [6, 6.07) is 6.24. The average Bonchev–Trinajstić information content (AvgIpc) is 3.10. The number of benzene rings is 1. The van der Waals surface area contributed by atoms with Gasteiger partial charge in [0.25, 0.3) is 5.56 Å². The number of nitrogens with one attached hydrogen (secondary N) is 1. The van der Waals surface area contributed by atoms with E-state index in [0.717, 1.165) is 12.8 Å². The van der Waals surface area contributed by atoms with Crippen LogP contribution in [0.4, 0.5) is 10.1 Å². The molecule has 1 N–H and O–H groups in total. The van der Waals surface area contributed by atoms with Crippen molar-refractivity contribution in [2.45, 2.75) is 31.5 Å². The van der Waals surface area contributed by atoms with Crippen LogP contribution in [-0.2, 0) is 11.3 Å². The summed E-state index contributed by atoms with van der Waals surface area (Å²) >= 11 is 5.73. The highest BCUT2D eigenvalue weighted by Crippen LogP contribution is 2.23. The van der Waals surface area contributed by atoms with Crippen LogP contribution in [-0.4, -0.2) is 21.2 Å². The van der Waals surface area contributed by atoms with E-state index < -0.39 is 5.82 Å². The quantitative estimate of drug-likeness (QED) is 0.395. The summed E-state index contributed by atoms with van der Waals surface area (Å²) < 4.78 is 16.7. The van der Waals surface area contributed by atoms with Gasteiger partial charge >= 0.3 is 0 Å². The van der Waals surface area contributed by atoms with Crippen LogP contribution in [0.15, 0.2) is 44.1 Å².